The van der Waals surface area contributed by atoms with E-state index in [-0.39, 0.29) is 0 Å². The number of thioether (sulfide) groups is 1. The normalized spacial score (nSPS) is 10.4. The first-order chi connectivity index (χ1) is 8.70. The minimum absolute atomic E-state index is 0.306. The third-order valence-electron chi connectivity index (χ3n) is 2.40. The molecule has 0 fully saturated rings. The molecule has 2 rings (SSSR count). The van der Waals surface area contributed by atoms with Crippen molar-refractivity contribution in [2.45, 2.75) is 10.6 Å². The Balaban J connectivity index is 2.14. The van der Waals surface area contributed by atoms with Gasteiger partial charge in [-0.1, -0.05) is 6.07 Å². The van der Waals surface area contributed by atoms with Crippen molar-refractivity contribution >= 4 is 17.6 Å². The second-order valence-electron chi connectivity index (χ2n) is 3.62. The molecule has 18 heavy (non-hydrogen) atoms. The van der Waals surface area contributed by atoms with Gasteiger partial charge in [-0.3, -0.25) is 0 Å². The smallest absolute Gasteiger partial charge is 0.136 e. The van der Waals surface area contributed by atoms with Crippen molar-refractivity contribution in [3.05, 3.63) is 53.7 Å². The van der Waals surface area contributed by atoms with Crippen LogP contribution in [0.1, 0.15) is 5.56 Å². The van der Waals surface area contributed by atoms with E-state index in [2.05, 4.69) is 10.3 Å². The summed E-state index contributed by atoms with van der Waals surface area (Å²) in [7, 11) is 1.78. The Morgan fingerprint density at radius 3 is 2.89 bits per heavy atom. The van der Waals surface area contributed by atoms with E-state index in [1.807, 2.05) is 12.1 Å². The molecule has 1 heterocycles. The average Bonchev–Trinajstić information content (AvgIpc) is 2.40. The van der Waals surface area contributed by atoms with Crippen molar-refractivity contribution in [2.75, 3.05) is 12.4 Å². The molecule has 0 atom stereocenters. The standard InChI is InChI=1S/C13H12F2N2S/c1-16-13-9(3-2-6-17-13)8-18-12-7-10(14)4-5-11(12)15/h2-7H,8H2,1H3,(H,16,17). The summed E-state index contributed by atoms with van der Waals surface area (Å²) in [6.45, 7) is 0. The maximum absolute atomic E-state index is 13.4. The van der Waals surface area contributed by atoms with Gasteiger partial charge in [-0.15, -0.1) is 11.8 Å². The molecule has 0 aliphatic heterocycles. The molecule has 5 heteroatoms. The van der Waals surface area contributed by atoms with Crippen molar-refractivity contribution in [2.24, 2.45) is 0 Å². The second kappa shape index (κ2) is 5.82. The Morgan fingerprint density at radius 2 is 2.11 bits per heavy atom. The lowest BCUT2D eigenvalue weighted by molar-refractivity contribution is 0.577. The van der Waals surface area contributed by atoms with Crippen molar-refractivity contribution in [3.8, 4) is 0 Å². The number of anilines is 1. The zero-order valence-corrected chi connectivity index (χ0v) is 10.6. The van der Waals surface area contributed by atoms with E-state index in [9.17, 15) is 8.78 Å². The molecular weight excluding hydrogens is 254 g/mol. The van der Waals surface area contributed by atoms with Crippen LogP contribution in [0.15, 0.2) is 41.4 Å². The third-order valence-corrected chi connectivity index (χ3v) is 3.48. The van der Waals surface area contributed by atoms with Crippen LogP contribution in [0.2, 0.25) is 0 Å². The van der Waals surface area contributed by atoms with E-state index < -0.39 is 11.6 Å². The van der Waals surface area contributed by atoms with Crippen molar-refractivity contribution in [1.82, 2.24) is 4.98 Å². The van der Waals surface area contributed by atoms with E-state index in [0.29, 0.717) is 10.6 Å². The van der Waals surface area contributed by atoms with Crippen LogP contribution in [-0.4, -0.2) is 12.0 Å². The van der Waals surface area contributed by atoms with Crippen LogP contribution in [0.5, 0.6) is 0 Å². The molecule has 1 N–H and O–H groups in total. The largest absolute Gasteiger partial charge is 0.373 e. The number of pyridine rings is 1. The van der Waals surface area contributed by atoms with Crippen molar-refractivity contribution in [3.63, 3.8) is 0 Å². The second-order valence-corrected chi connectivity index (χ2v) is 4.64. The highest BCUT2D eigenvalue weighted by molar-refractivity contribution is 7.98. The summed E-state index contributed by atoms with van der Waals surface area (Å²) in [6, 6.07) is 7.18. The van der Waals surface area contributed by atoms with Crippen LogP contribution in [0.25, 0.3) is 0 Å². The Bertz CT molecular complexity index is 546. The summed E-state index contributed by atoms with van der Waals surface area (Å²) in [5.41, 5.74) is 0.952. The fourth-order valence-corrected chi connectivity index (χ4v) is 2.47. The molecule has 0 amide bonds. The molecule has 2 aromatic rings. The number of hydrogen-bond acceptors (Lipinski definition) is 3. The number of hydrogen-bond donors (Lipinski definition) is 1. The van der Waals surface area contributed by atoms with E-state index in [1.165, 1.54) is 17.8 Å². The van der Waals surface area contributed by atoms with Crippen LogP contribution in [0.3, 0.4) is 0 Å². The fourth-order valence-electron chi connectivity index (χ4n) is 1.52. The lowest BCUT2D eigenvalue weighted by atomic mass is 10.3. The Labute approximate surface area is 108 Å². The molecule has 1 aromatic carbocycles. The maximum Gasteiger partial charge on any atom is 0.136 e. The first kappa shape index (κ1) is 12.8. The van der Waals surface area contributed by atoms with Gasteiger partial charge in [0, 0.05) is 29.5 Å². The highest BCUT2D eigenvalue weighted by Gasteiger charge is 2.07. The molecule has 94 valence electrons. The molecule has 0 unspecified atom stereocenters. The molecule has 0 aliphatic rings. The molecule has 0 spiro atoms. The van der Waals surface area contributed by atoms with Gasteiger partial charge in [0.2, 0.25) is 0 Å². The molecule has 1 aromatic heterocycles. The predicted octanol–water partition coefficient (Wildman–Crippen LogP) is 3.69. The van der Waals surface area contributed by atoms with Crippen LogP contribution in [-0.2, 0) is 5.75 Å². The summed E-state index contributed by atoms with van der Waals surface area (Å²) in [6.07, 6.45) is 1.68. The van der Waals surface area contributed by atoms with Gasteiger partial charge in [0.05, 0.1) is 0 Å². The van der Waals surface area contributed by atoms with Crippen LogP contribution in [0.4, 0.5) is 14.6 Å². The first-order valence-electron chi connectivity index (χ1n) is 5.40. The Hall–Kier alpha value is -1.62. The zero-order chi connectivity index (χ0) is 13.0. The lowest BCUT2D eigenvalue weighted by Crippen LogP contribution is -1.97. The van der Waals surface area contributed by atoms with E-state index in [1.54, 1.807) is 13.2 Å². The lowest BCUT2D eigenvalue weighted by Gasteiger charge is -2.07. The van der Waals surface area contributed by atoms with Crippen LogP contribution < -0.4 is 5.32 Å². The number of nitrogens with one attached hydrogen (secondary N) is 1. The van der Waals surface area contributed by atoms with Gasteiger partial charge in [0.15, 0.2) is 0 Å². The maximum atomic E-state index is 13.4. The topological polar surface area (TPSA) is 24.9 Å². The quantitative estimate of drug-likeness (QED) is 0.854. The Kier molecular flexibility index (Phi) is 4.15. The Morgan fingerprint density at radius 1 is 1.28 bits per heavy atom. The summed E-state index contributed by atoms with van der Waals surface area (Å²) < 4.78 is 26.4. The van der Waals surface area contributed by atoms with Crippen molar-refractivity contribution < 1.29 is 8.78 Å². The fraction of sp³-hybridized carbons (Fsp3) is 0.154. The summed E-state index contributed by atoms with van der Waals surface area (Å²) in [4.78, 5) is 4.46. The van der Waals surface area contributed by atoms with Gasteiger partial charge in [-0.05, 0) is 24.3 Å². The predicted molar refractivity (Wildman–Crippen MR) is 69.7 cm³/mol. The van der Waals surface area contributed by atoms with Crippen LogP contribution in [0, 0.1) is 11.6 Å². The summed E-state index contributed by atoms with van der Waals surface area (Å²) >= 11 is 1.25. The van der Waals surface area contributed by atoms with Gasteiger partial charge >= 0.3 is 0 Å². The molecule has 2 nitrogen and oxygen atoms in total. The van der Waals surface area contributed by atoms with E-state index >= 15 is 0 Å². The number of aromatic nitrogens is 1. The minimum atomic E-state index is -0.432. The molecule has 0 bridgehead atoms. The van der Waals surface area contributed by atoms with Gasteiger partial charge in [0.1, 0.15) is 17.5 Å². The SMILES string of the molecule is CNc1ncccc1CSc1cc(F)ccc1F. The minimum Gasteiger partial charge on any atom is -0.373 e. The van der Waals surface area contributed by atoms with Gasteiger partial charge < -0.3 is 5.32 Å². The van der Waals surface area contributed by atoms with Crippen molar-refractivity contribution in [1.29, 1.82) is 0 Å². The number of halogens is 2. The van der Waals surface area contributed by atoms with E-state index in [4.69, 9.17) is 0 Å². The third kappa shape index (κ3) is 2.98. The molecule has 0 radical (unpaired) electrons. The first-order valence-corrected chi connectivity index (χ1v) is 6.39. The monoisotopic (exact) mass is 266 g/mol. The highest BCUT2D eigenvalue weighted by atomic mass is 32.2. The highest BCUT2D eigenvalue weighted by Crippen LogP contribution is 2.28. The number of nitrogens with zero attached hydrogens (tertiary/aromatic N) is 1. The summed E-state index contributed by atoms with van der Waals surface area (Å²) in [5, 5.41) is 2.97. The van der Waals surface area contributed by atoms with Gasteiger partial charge in [-0.25, -0.2) is 13.8 Å². The molecule has 0 aliphatic carbocycles. The van der Waals surface area contributed by atoms with Crippen LogP contribution >= 0.6 is 11.8 Å². The molecular formula is C13H12F2N2S. The number of rotatable bonds is 4. The zero-order valence-electron chi connectivity index (χ0n) is 9.78. The van der Waals surface area contributed by atoms with Gasteiger partial charge in [0.25, 0.3) is 0 Å². The van der Waals surface area contributed by atoms with E-state index in [0.717, 1.165) is 23.5 Å². The van der Waals surface area contributed by atoms with Gasteiger partial charge in [-0.2, -0.15) is 0 Å². The summed E-state index contributed by atoms with van der Waals surface area (Å²) in [5.74, 6) is 0.446. The molecule has 0 saturated heterocycles. The molecule has 0 saturated carbocycles. The number of benzene rings is 1. The average molecular weight is 266 g/mol.